The Balaban J connectivity index is 1.81. The fraction of sp³-hybridized carbons (Fsp3) is 0.294. The summed E-state index contributed by atoms with van der Waals surface area (Å²) < 4.78 is 18.9. The summed E-state index contributed by atoms with van der Waals surface area (Å²) in [6.07, 6.45) is 0.350. The van der Waals surface area contributed by atoms with Gasteiger partial charge in [0.05, 0.1) is 18.8 Å². The van der Waals surface area contributed by atoms with Crippen molar-refractivity contribution >= 4 is 11.6 Å². The Hall–Kier alpha value is -1.42. The number of benzene rings is 2. The van der Waals surface area contributed by atoms with Gasteiger partial charge in [-0.1, -0.05) is 41.9 Å². The first-order valence-corrected chi connectivity index (χ1v) is 7.35. The lowest BCUT2D eigenvalue weighted by Crippen LogP contribution is -2.18. The molecule has 3 rings (SSSR count). The molecule has 0 radical (unpaired) electrons. The summed E-state index contributed by atoms with van der Waals surface area (Å²) in [5.74, 6) is -0.407. The third-order valence-electron chi connectivity index (χ3n) is 3.85. The Kier molecular flexibility index (Phi) is 4.24. The third kappa shape index (κ3) is 3.10. The second-order valence-corrected chi connectivity index (χ2v) is 5.63. The molecule has 1 heterocycles. The summed E-state index contributed by atoms with van der Waals surface area (Å²) in [6, 6.07) is 12.1. The summed E-state index contributed by atoms with van der Waals surface area (Å²) in [6.45, 7) is 0.644. The first kappa shape index (κ1) is 14.5. The first-order chi connectivity index (χ1) is 10.1. The monoisotopic (exact) mass is 306 g/mol. The molecule has 0 fully saturated rings. The number of rotatable bonds is 3. The molecule has 0 saturated carbocycles. The van der Waals surface area contributed by atoms with Crippen molar-refractivity contribution < 1.29 is 14.2 Å². The summed E-state index contributed by atoms with van der Waals surface area (Å²) in [4.78, 5) is 0. The van der Waals surface area contributed by atoms with E-state index in [0.717, 1.165) is 12.0 Å². The Morgan fingerprint density at radius 1 is 1.29 bits per heavy atom. The number of hydrogen-bond donors (Lipinski definition) is 1. The van der Waals surface area contributed by atoms with E-state index in [2.05, 4.69) is 6.07 Å². The maximum absolute atomic E-state index is 13.1. The van der Waals surface area contributed by atoms with Crippen molar-refractivity contribution in [2.45, 2.75) is 25.0 Å². The van der Waals surface area contributed by atoms with E-state index in [-0.39, 0.29) is 11.1 Å². The van der Waals surface area contributed by atoms with Crippen molar-refractivity contribution in [2.75, 3.05) is 6.61 Å². The van der Waals surface area contributed by atoms with Crippen LogP contribution in [0, 0.1) is 5.82 Å². The van der Waals surface area contributed by atoms with Gasteiger partial charge in [-0.2, -0.15) is 0 Å². The lowest BCUT2D eigenvalue weighted by molar-refractivity contribution is 0.00378. The van der Waals surface area contributed by atoms with Crippen molar-refractivity contribution in [1.82, 2.24) is 0 Å². The highest BCUT2D eigenvalue weighted by molar-refractivity contribution is 6.31. The zero-order valence-electron chi connectivity index (χ0n) is 11.4. The molecule has 0 bridgehead atoms. The summed E-state index contributed by atoms with van der Waals surface area (Å²) >= 11 is 6.00. The SMILES string of the molecule is OC(CC1OCCc2ccccc21)c1ccc(F)cc1Cl. The minimum Gasteiger partial charge on any atom is -0.388 e. The predicted octanol–water partition coefficient (Wildman–Crippen LogP) is 4.22. The molecule has 0 spiro atoms. The Morgan fingerprint density at radius 2 is 2.10 bits per heavy atom. The van der Waals surface area contributed by atoms with Gasteiger partial charge in [0.2, 0.25) is 0 Å². The van der Waals surface area contributed by atoms with E-state index < -0.39 is 11.9 Å². The standard InChI is InChI=1S/C17H16ClFO2/c18-15-9-12(19)5-6-14(15)16(20)10-17-13-4-2-1-3-11(13)7-8-21-17/h1-6,9,16-17,20H,7-8,10H2. The van der Waals surface area contributed by atoms with E-state index in [1.165, 1.54) is 23.8 Å². The fourth-order valence-corrected chi connectivity index (χ4v) is 3.07. The molecule has 1 aliphatic heterocycles. The summed E-state index contributed by atoms with van der Waals surface area (Å²) in [5.41, 5.74) is 2.90. The van der Waals surface area contributed by atoms with E-state index in [0.29, 0.717) is 18.6 Å². The lowest BCUT2D eigenvalue weighted by atomic mass is 9.92. The fourth-order valence-electron chi connectivity index (χ4n) is 2.77. The van der Waals surface area contributed by atoms with Gasteiger partial charge in [-0.25, -0.2) is 4.39 Å². The molecule has 0 saturated heterocycles. The van der Waals surface area contributed by atoms with Gasteiger partial charge < -0.3 is 9.84 Å². The first-order valence-electron chi connectivity index (χ1n) is 6.97. The molecule has 2 aromatic carbocycles. The molecule has 0 aromatic heterocycles. The molecular weight excluding hydrogens is 291 g/mol. The molecular formula is C17H16ClFO2. The van der Waals surface area contributed by atoms with Crippen LogP contribution in [0.15, 0.2) is 42.5 Å². The van der Waals surface area contributed by atoms with Crippen LogP contribution in [0.2, 0.25) is 5.02 Å². The molecule has 1 N–H and O–H groups in total. The molecule has 2 atom stereocenters. The van der Waals surface area contributed by atoms with Crippen LogP contribution in [0.25, 0.3) is 0 Å². The van der Waals surface area contributed by atoms with E-state index in [4.69, 9.17) is 16.3 Å². The average Bonchev–Trinajstić information content (AvgIpc) is 2.47. The third-order valence-corrected chi connectivity index (χ3v) is 4.18. The van der Waals surface area contributed by atoms with Crippen molar-refractivity contribution in [3.05, 3.63) is 70.0 Å². The molecule has 2 aromatic rings. The second-order valence-electron chi connectivity index (χ2n) is 5.23. The van der Waals surface area contributed by atoms with E-state index in [1.807, 2.05) is 18.2 Å². The van der Waals surface area contributed by atoms with Crippen molar-refractivity contribution in [2.24, 2.45) is 0 Å². The predicted molar refractivity (Wildman–Crippen MR) is 79.8 cm³/mol. The minimum absolute atomic E-state index is 0.161. The maximum Gasteiger partial charge on any atom is 0.124 e. The van der Waals surface area contributed by atoms with Crippen LogP contribution in [-0.2, 0) is 11.2 Å². The van der Waals surface area contributed by atoms with Crippen LogP contribution in [0.3, 0.4) is 0 Å². The molecule has 2 unspecified atom stereocenters. The van der Waals surface area contributed by atoms with Gasteiger partial charge in [0.1, 0.15) is 5.82 Å². The molecule has 0 amide bonds. The quantitative estimate of drug-likeness (QED) is 0.920. The van der Waals surface area contributed by atoms with Gasteiger partial charge in [-0.05, 0) is 35.2 Å². The average molecular weight is 307 g/mol. The summed E-state index contributed by atoms with van der Waals surface area (Å²) in [7, 11) is 0. The molecule has 4 heteroatoms. The Labute approximate surface area is 128 Å². The highest BCUT2D eigenvalue weighted by Gasteiger charge is 2.24. The van der Waals surface area contributed by atoms with Crippen LogP contribution in [0.4, 0.5) is 4.39 Å². The highest BCUT2D eigenvalue weighted by atomic mass is 35.5. The van der Waals surface area contributed by atoms with Crippen LogP contribution in [0.1, 0.15) is 35.3 Å². The topological polar surface area (TPSA) is 29.5 Å². The number of halogens is 2. The van der Waals surface area contributed by atoms with Crippen LogP contribution >= 0.6 is 11.6 Å². The number of ether oxygens (including phenoxy) is 1. The van der Waals surface area contributed by atoms with Gasteiger partial charge >= 0.3 is 0 Å². The Bertz CT molecular complexity index is 644. The van der Waals surface area contributed by atoms with Gasteiger partial charge in [0.15, 0.2) is 0 Å². The van der Waals surface area contributed by atoms with Crippen LogP contribution < -0.4 is 0 Å². The second kappa shape index (κ2) is 6.14. The van der Waals surface area contributed by atoms with E-state index in [9.17, 15) is 9.50 Å². The number of aliphatic hydroxyl groups excluding tert-OH is 1. The molecule has 0 aliphatic carbocycles. The zero-order chi connectivity index (χ0) is 14.8. The van der Waals surface area contributed by atoms with Gasteiger partial charge in [-0.3, -0.25) is 0 Å². The van der Waals surface area contributed by atoms with E-state index >= 15 is 0 Å². The van der Waals surface area contributed by atoms with Crippen LogP contribution in [0.5, 0.6) is 0 Å². The van der Waals surface area contributed by atoms with Gasteiger partial charge in [0.25, 0.3) is 0 Å². The number of aliphatic hydroxyl groups is 1. The highest BCUT2D eigenvalue weighted by Crippen LogP contribution is 2.36. The number of fused-ring (bicyclic) bond motifs is 1. The van der Waals surface area contributed by atoms with Gasteiger partial charge in [-0.15, -0.1) is 0 Å². The summed E-state index contributed by atoms with van der Waals surface area (Å²) in [5, 5.41) is 10.6. The lowest BCUT2D eigenvalue weighted by Gasteiger charge is -2.28. The van der Waals surface area contributed by atoms with Crippen LogP contribution in [-0.4, -0.2) is 11.7 Å². The largest absolute Gasteiger partial charge is 0.388 e. The maximum atomic E-state index is 13.1. The van der Waals surface area contributed by atoms with Crippen molar-refractivity contribution in [3.8, 4) is 0 Å². The normalized spacial score (nSPS) is 19.1. The van der Waals surface area contributed by atoms with E-state index in [1.54, 1.807) is 0 Å². The van der Waals surface area contributed by atoms with Crippen molar-refractivity contribution in [3.63, 3.8) is 0 Å². The molecule has 1 aliphatic rings. The minimum atomic E-state index is -0.783. The number of hydrogen-bond acceptors (Lipinski definition) is 2. The molecule has 21 heavy (non-hydrogen) atoms. The van der Waals surface area contributed by atoms with Gasteiger partial charge in [0, 0.05) is 11.4 Å². The molecule has 110 valence electrons. The smallest absolute Gasteiger partial charge is 0.124 e. The Morgan fingerprint density at radius 3 is 2.90 bits per heavy atom. The van der Waals surface area contributed by atoms with Crippen molar-refractivity contribution in [1.29, 1.82) is 0 Å². The zero-order valence-corrected chi connectivity index (χ0v) is 12.2. The molecule has 2 nitrogen and oxygen atoms in total.